The fourth-order valence-corrected chi connectivity index (χ4v) is 3.64. The van der Waals surface area contributed by atoms with Crippen LogP contribution in [-0.2, 0) is 14.3 Å². The number of aliphatic hydroxyl groups excluding tert-OH is 1. The quantitative estimate of drug-likeness (QED) is 0.492. The Kier molecular flexibility index (Phi) is 5.90. The molecule has 0 amide bonds. The number of benzene rings is 1. The van der Waals surface area contributed by atoms with E-state index in [1.165, 1.54) is 0 Å². The summed E-state index contributed by atoms with van der Waals surface area (Å²) in [4.78, 5) is 24.1. The van der Waals surface area contributed by atoms with Crippen LogP contribution in [0.2, 0.25) is 0 Å². The molecule has 5 heteroatoms. The molecule has 1 aliphatic heterocycles. The summed E-state index contributed by atoms with van der Waals surface area (Å²) in [6.07, 6.45) is 2.61. The first-order valence-electron chi connectivity index (χ1n) is 9.57. The van der Waals surface area contributed by atoms with Crippen LogP contribution in [0.1, 0.15) is 44.0 Å². The molecule has 0 bridgehead atoms. The summed E-state index contributed by atoms with van der Waals surface area (Å²) >= 11 is 0. The molecule has 1 N–H and O–H groups in total. The van der Waals surface area contributed by atoms with Gasteiger partial charge in [-0.1, -0.05) is 36.1 Å². The molecule has 0 radical (unpaired) electrons. The standard InChI is InChI=1S/C23H26O5/c1-23(2,3)12-11-16(24)9-10-17-18-13-21(25)27-20(18)14-19(17)28-22(26)15-7-5-4-6-8-15/h4-10,16-20,24H,13-14H2,1-3H3/t16-,17+,18+,19+,20-/m0/s1. The number of hydrogen-bond donors (Lipinski definition) is 1. The smallest absolute Gasteiger partial charge is 0.338 e. The third-order valence-corrected chi connectivity index (χ3v) is 4.93. The molecule has 1 aromatic carbocycles. The first-order valence-corrected chi connectivity index (χ1v) is 9.57. The molecule has 148 valence electrons. The predicted molar refractivity (Wildman–Crippen MR) is 104 cm³/mol. The largest absolute Gasteiger partial charge is 0.462 e. The van der Waals surface area contributed by atoms with E-state index in [-0.39, 0.29) is 29.3 Å². The molecule has 5 atom stereocenters. The molecule has 3 rings (SSSR count). The topological polar surface area (TPSA) is 72.8 Å². The van der Waals surface area contributed by atoms with Gasteiger partial charge in [0.15, 0.2) is 0 Å². The maximum Gasteiger partial charge on any atom is 0.338 e. The maximum absolute atomic E-state index is 12.5. The molecule has 28 heavy (non-hydrogen) atoms. The van der Waals surface area contributed by atoms with E-state index < -0.39 is 18.2 Å². The van der Waals surface area contributed by atoms with Crippen molar-refractivity contribution in [1.82, 2.24) is 0 Å². The van der Waals surface area contributed by atoms with Gasteiger partial charge in [-0.05, 0) is 39.0 Å². The highest BCUT2D eigenvalue weighted by Crippen LogP contribution is 2.43. The Labute approximate surface area is 165 Å². The Morgan fingerprint density at radius 3 is 2.71 bits per heavy atom. The molecule has 1 saturated heterocycles. The highest BCUT2D eigenvalue weighted by molar-refractivity contribution is 5.89. The molecule has 2 fully saturated rings. The lowest BCUT2D eigenvalue weighted by Crippen LogP contribution is -2.25. The number of ether oxygens (including phenoxy) is 2. The van der Waals surface area contributed by atoms with Crippen molar-refractivity contribution >= 4 is 11.9 Å². The summed E-state index contributed by atoms with van der Waals surface area (Å²) in [5.74, 6) is 4.93. The van der Waals surface area contributed by atoms with Crippen molar-refractivity contribution in [3.05, 3.63) is 48.0 Å². The number of esters is 2. The minimum absolute atomic E-state index is 0.0555. The fraction of sp³-hybridized carbons (Fsp3) is 0.478. The Bertz CT molecular complexity index is 809. The summed E-state index contributed by atoms with van der Waals surface area (Å²) in [7, 11) is 0. The average Bonchev–Trinajstić information content (AvgIpc) is 3.14. The van der Waals surface area contributed by atoms with Crippen molar-refractivity contribution in [2.75, 3.05) is 0 Å². The summed E-state index contributed by atoms with van der Waals surface area (Å²) in [5, 5.41) is 10.1. The van der Waals surface area contributed by atoms with Crippen LogP contribution in [0.25, 0.3) is 0 Å². The summed E-state index contributed by atoms with van der Waals surface area (Å²) < 4.78 is 11.1. The minimum atomic E-state index is -0.915. The van der Waals surface area contributed by atoms with E-state index in [0.717, 1.165) is 0 Å². The molecule has 2 aliphatic rings. The summed E-state index contributed by atoms with van der Waals surface area (Å²) in [6.45, 7) is 5.91. The zero-order valence-electron chi connectivity index (χ0n) is 16.4. The lowest BCUT2D eigenvalue weighted by atomic mass is 9.91. The van der Waals surface area contributed by atoms with E-state index in [0.29, 0.717) is 18.4 Å². The van der Waals surface area contributed by atoms with Crippen LogP contribution in [0.5, 0.6) is 0 Å². The highest BCUT2D eigenvalue weighted by Gasteiger charge is 2.50. The third kappa shape index (κ3) is 5.02. The number of carbonyl (C=O) groups is 2. The number of aliphatic hydroxyl groups is 1. The monoisotopic (exact) mass is 382 g/mol. The van der Waals surface area contributed by atoms with E-state index in [9.17, 15) is 14.7 Å². The molecule has 1 aliphatic carbocycles. The second-order valence-corrected chi connectivity index (χ2v) is 8.37. The van der Waals surface area contributed by atoms with Crippen LogP contribution in [-0.4, -0.2) is 35.4 Å². The third-order valence-electron chi connectivity index (χ3n) is 4.93. The Morgan fingerprint density at radius 2 is 2.04 bits per heavy atom. The molecule has 1 saturated carbocycles. The van der Waals surface area contributed by atoms with Gasteiger partial charge in [0.05, 0.1) is 12.0 Å². The van der Waals surface area contributed by atoms with E-state index in [2.05, 4.69) is 11.8 Å². The average molecular weight is 382 g/mol. The van der Waals surface area contributed by atoms with Crippen LogP contribution in [0.4, 0.5) is 0 Å². The van der Waals surface area contributed by atoms with Crippen molar-refractivity contribution in [2.24, 2.45) is 17.3 Å². The number of carbonyl (C=O) groups excluding carboxylic acids is 2. The zero-order valence-corrected chi connectivity index (χ0v) is 16.4. The Morgan fingerprint density at radius 1 is 1.32 bits per heavy atom. The normalized spacial score (nSPS) is 27.6. The predicted octanol–water partition coefficient (Wildman–Crippen LogP) is 3.13. The number of fused-ring (bicyclic) bond motifs is 1. The van der Waals surface area contributed by atoms with Crippen LogP contribution < -0.4 is 0 Å². The zero-order chi connectivity index (χ0) is 20.3. The lowest BCUT2D eigenvalue weighted by Gasteiger charge is -2.20. The van der Waals surface area contributed by atoms with Crippen molar-refractivity contribution in [2.45, 2.75) is 51.9 Å². The minimum Gasteiger partial charge on any atom is -0.462 e. The van der Waals surface area contributed by atoms with Gasteiger partial charge in [0.2, 0.25) is 0 Å². The van der Waals surface area contributed by atoms with Gasteiger partial charge in [0, 0.05) is 23.7 Å². The molecule has 1 aromatic rings. The first-order chi connectivity index (χ1) is 13.2. The molecular weight excluding hydrogens is 356 g/mol. The fourth-order valence-electron chi connectivity index (χ4n) is 3.64. The van der Waals surface area contributed by atoms with E-state index >= 15 is 0 Å². The van der Waals surface area contributed by atoms with Crippen LogP contribution >= 0.6 is 0 Å². The molecule has 1 heterocycles. The second-order valence-electron chi connectivity index (χ2n) is 8.37. The highest BCUT2D eigenvalue weighted by atomic mass is 16.6. The molecule has 0 unspecified atom stereocenters. The van der Waals surface area contributed by atoms with Gasteiger partial charge in [-0.15, -0.1) is 0 Å². The molecular formula is C23H26O5. The lowest BCUT2D eigenvalue weighted by molar-refractivity contribution is -0.141. The molecule has 0 spiro atoms. The van der Waals surface area contributed by atoms with Gasteiger partial charge in [0.1, 0.15) is 18.3 Å². The van der Waals surface area contributed by atoms with Gasteiger partial charge in [0.25, 0.3) is 0 Å². The van der Waals surface area contributed by atoms with Crippen molar-refractivity contribution in [3.8, 4) is 11.8 Å². The SMILES string of the molecule is CC(C)(C)C#C[C@@H](O)C=C[C@@H]1[C@H]2CC(=O)O[C@H]2C[C@H]1OC(=O)c1ccccc1. The van der Waals surface area contributed by atoms with Crippen LogP contribution in [0, 0.1) is 29.1 Å². The summed E-state index contributed by atoms with van der Waals surface area (Å²) in [5.41, 5.74) is 0.280. The van der Waals surface area contributed by atoms with Gasteiger partial charge >= 0.3 is 11.9 Å². The maximum atomic E-state index is 12.5. The van der Waals surface area contributed by atoms with Crippen LogP contribution in [0.3, 0.4) is 0 Å². The van der Waals surface area contributed by atoms with Gasteiger partial charge in [-0.3, -0.25) is 4.79 Å². The number of hydrogen-bond acceptors (Lipinski definition) is 5. The van der Waals surface area contributed by atoms with Gasteiger partial charge in [-0.2, -0.15) is 0 Å². The van der Waals surface area contributed by atoms with Crippen LogP contribution in [0.15, 0.2) is 42.5 Å². The first kappa shape index (κ1) is 20.2. The van der Waals surface area contributed by atoms with E-state index in [4.69, 9.17) is 9.47 Å². The van der Waals surface area contributed by atoms with Gasteiger partial charge in [-0.25, -0.2) is 4.79 Å². The van der Waals surface area contributed by atoms with Crippen molar-refractivity contribution < 1.29 is 24.2 Å². The second kappa shape index (κ2) is 8.20. The Balaban J connectivity index is 1.73. The summed E-state index contributed by atoms with van der Waals surface area (Å²) in [6, 6.07) is 8.80. The Hall–Kier alpha value is -2.58. The molecule has 5 nitrogen and oxygen atoms in total. The van der Waals surface area contributed by atoms with Crippen molar-refractivity contribution in [3.63, 3.8) is 0 Å². The van der Waals surface area contributed by atoms with Crippen molar-refractivity contribution in [1.29, 1.82) is 0 Å². The number of rotatable bonds is 4. The van der Waals surface area contributed by atoms with E-state index in [1.54, 1.807) is 30.3 Å². The van der Waals surface area contributed by atoms with E-state index in [1.807, 2.05) is 32.9 Å². The molecule has 0 aromatic heterocycles. The van der Waals surface area contributed by atoms with Gasteiger partial charge < -0.3 is 14.6 Å².